The number of carboxylic acid groups (broad SMARTS) is 1. The number of nitrogens with two attached hydrogens (primary N) is 1. The third kappa shape index (κ3) is 6.39. The highest BCUT2D eigenvalue weighted by Crippen LogP contribution is 2.32. The number of benzene rings is 2. The topological polar surface area (TPSA) is 138 Å². The summed E-state index contributed by atoms with van der Waals surface area (Å²) in [6, 6.07) is 11.1. The Bertz CT molecular complexity index is 1100. The van der Waals surface area contributed by atoms with Crippen molar-refractivity contribution in [1.29, 1.82) is 0 Å². The van der Waals surface area contributed by atoms with E-state index in [0.717, 1.165) is 6.07 Å². The molecule has 0 fully saturated rings. The molecular weight excluding hydrogens is 424 g/mol. The maximum Gasteiger partial charge on any atom is 0.417 e. The number of hydrogen-bond acceptors (Lipinski definition) is 4. The van der Waals surface area contributed by atoms with E-state index >= 15 is 0 Å². The molecule has 0 aliphatic carbocycles. The number of rotatable bonds is 4. The van der Waals surface area contributed by atoms with Crippen molar-refractivity contribution in [3.63, 3.8) is 0 Å². The maximum absolute atomic E-state index is 13.1. The number of aromatic amines is 1. The number of H-pyrrole nitrogens is 1. The summed E-state index contributed by atoms with van der Waals surface area (Å²) in [5.41, 5.74) is 2.90. The number of halogens is 4. The van der Waals surface area contributed by atoms with E-state index in [4.69, 9.17) is 10.8 Å². The predicted molar refractivity (Wildman–Crippen MR) is 99.9 cm³/mol. The van der Waals surface area contributed by atoms with Crippen LogP contribution in [0.5, 0.6) is 0 Å². The number of alkyl halides is 3. The van der Waals surface area contributed by atoms with Crippen molar-refractivity contribution >= 4 is 23.6 Å². The van der Waals surface area contributed by atoms with Crippen LogP contribution in [0.25, 0.3) is 0 Å². The van der Waals surface area contributed by atoms with Gasteiger partial charge in [-0.1, -0.05) is 18.2 Å². The molecule has 1 heterocycles. The van der Waals surface area contributed by atoms with Crippen molar-refractivity contribution in [3.05, 3.63) is 82.8 Å². The van der Waals surface area contributed by atoms with Crippen molar-refractivity contribution in [2.75, 3.05) is 5.32 Å². The van der Waals surface area contributed by atoms with Crippen LogP contribution in [0, 0.1) is 5.82 Å². The molecule has 0 spiro atoms. The first-order valence-corrected chi connectivity index (χ1v) is 8.30. The lowest BCUT2D eigenvalue weighted by Gasteiger charge is -2.12. The Labute approximate surface area is 171 Å². The molecule has 0 atom stereocenters. The van der Waals surface area contributed by atoms with Crippen molar-refractivity contribution in [3.8, 4) is 0 Å². The third-order valence-electron chi connectivity index (χ3n) is 3.64. The molecule has 0 saturated heterocycles. The summed E-state index contributed by atoms with van der Waals surface area (Å²) in [6.07, 6.45) is -4.85. The summed E-state index contributed by atoms with van der Waals surface area (Å²) < 4.78 is 51.5. The second-order valence-corrected chi connectivity index (χ2v) is 5.84. The molecule has 12 heteroatoms. The zero-order valence-electron chi connectivity index (χ0n) is 15.4. The minimum atomic E-state index is -4.85. The van der Waals surface area contributed by atoms with Crippen LogP contribution in [-0.2, 0) is 6.18 Å². The number of amides is 2. The first-order valence-electron chi connectivity index (χ1n) is 8.30. The van der Waals surface area contributed by atoms with Crippen molar-refractivity contribution < 1.29 is 37.1 Å². The molecule has 2 amide bonds. The van der Waals surface area contributed by atoms with Gasteiger partial charge in [0.05, 0.1) is 11.1 Å². The average molecular weight is 438 g/mol. The van der Waals surface area contributed by atoms with Crippen LogP contribution in [0.4, 0.5) is 23.4 Å². The normalized spacial score (nSPS) is 10.6. The molecule has 0 radical (unpaired) electrons. The number of aromatic nitrogens is 2. The van der Waals surface area contributed by atoms with Gasteiger partial charge in [0.25, 0.3) is 5.91 Å². The summed E-state index contributed by atoms with van der Waals surface area (Å²) in [7, 11) is 0. The van der Waals surface area contributed by atoms with Crippen molar-refractivity contribution in [2.45, 2.75) is 6.18 Å². The second kappa shape index (κ2) is 9.52. The van der Waals surface area contributed by atoms with Gasteiger partial charge in [0.15, 0.2) is 5.82 Å². The molecule has 0 saturated carbocycles. The standard InChI is InChI=1S/C12H7F4N3O3.C7H7NO/c13-5-1-2-7(12(14,15)16)6(3-5)10(20)17-9-4-8(11(21)22)18-19-9;8-7(9)6-4-2-1-3-5-6/h1-4H,(H,21,22)(H2,17,18,19,20);1-5H,(H2,8,9). The second-order valence-electron chi connectivity index (χ2n) is 5.84. The first-order chi connectivity index (χ1) is 14.5. The molecular formula is C19H14F4N4O4. The maximum atomic E-state index is 13.1. The van der Waals surface area contributed by atoms with Gasteiger partial charge in [-0.25, -0.2) is 9.18 Å². The van der Waals surface area contributed by atoms with Crippen LogP contribution in [-0.4, -0.2) is 33.1 Å². The number of primary amides is 1. The lowest BCUT2D eigenvalue weighted by molar-refractivity contribution is -0.137. The quantitative estimate of drug-likeness (QED) is 0.463. The highest BCUT2D eigenvalue weighted by Gasteiger charge is 2.35. The molecule has 5 N–H and O–H groups in total. The molecule has 2 aromatic carbocycles. The SMILES string of the molecule is NC(=O)c1ccccc1.O=C(O)c1cc(NC(=O)c2cc(F)ccc2C(F)(F)F)n[nH]1. The predicted octanol–water partition coefficient (Wildman–Crippen LogP) is 3.30. The number of anilines is 1. The lowest BCUT2D eigenvalue weighted by Crippen LogP contribution is -2.19. The van der Waals surface area contributed by atoms with Gasteiger partial charge >= 0.3 is 12.1 Å². The van der Waals surface area contributed by atoms with Crippen molar-refractivity contribution in [1.82, 2.24) is 10.2 Å². The van der Waals surface area contributed by atoms with Crippen LogP contribution >= 0.6 is 0 Å². The van der Waals surface area contributed by atoms with Crippen LogP contribution < -0.4 is 11.1 Å². The van der Waals surface area contributed by atoms with Gasteiger partial charge in [0.1, 0.15) is 11.5 Å². The zero-order chi connectivity index (χ0) is 23.2. The average Bonchev–Trinajstić information content (AvgIpc) is 3.17. The molecule has 0 unspecified atom stereocenters. The van der Waals surface area contributed by atoms with E-state index in [-0.39, 0.29) is 17.4 Å². The molecule has 0 aliphatic rings. The van der Waals surface area contributed by atoms with Gasteiger partial charge in [0, 0.05) is 11.6 Å². The summed E-state index contributed by atoms with van der Waals surface area (Å²) in [5, 5.41) is 16.1. The van der Waals surface area contributed by atoms with Gasteiger partial charge in [-0.15, -0.1) is 0 Å². The summed E-state index contributed by atoms with van der Waals surface area (Å²) in [5.74, 6) is -4.34. The Morgan fingerprint density at radius 2 is 1.68 bits per heavy atom. The van der Waals surface area contributed by atoms with Gasteiger partial charge < -0.3 is 16.2 Å². The Kier molecular flexibility index (Phi) is 7.08. The molecule has 0 aliphatic heterocycles. The van der Waals surface area contributed by atoms with Crippen LogP contribution in [0.15, 0.2) is 54.6 Å². The zero-order valence-corrected chi connectivity index (χ0v) is 15.4. The number of carbonyl (C=O) groups is 3. The minimum absolute atomic E-state index is 0.306. The Morgan fingerprint density at radius 1 is 1.03 bits per heavy atom. The number of hydrogen-bond donors (Lipinski definition) is 4. The van der Waals surface area contributed by atoms with E-state index in [1.165, 1.54) is 0 Å². The largest absolute Gasteiger partial charge is 0.477 e. The number of nitrogens with one attached hydrogen (secondary N) is 2. The highest BCUT2D eigenvalue weighted by molar-refractivity contribution is 6.05. The van der Waals surface area contributed by atoms with E-state index in [9.17, 15) is 31.9 Å². The third-order valence-corrected chi connectivity index (χ3v) is 3.64. The van der Waals surface area contributed by atoms with E-state index in [2.05, 4.69) is 10.2 Å². The molecule has 1 aromatic heterocycles. The van der Waals surface area contributed by atoms with E-state index < -0.39 is 35.0 Å². The molecule has 8 nitrogen and oxygen atoms in total. The van der Waals surface area contributed by atoms with Crippen LogP contribution in [0.1, 0.15) is 36.8 Å². The lowest BCUT2D eigenvalue weighted by atomic mass is 10.1. The fraction of sp³-hybridized carbons (Fsp3) is 0.0526. The number of carboxylic acids is 1. The van der Waals surface area contributed by atoms with Crippen molar-refractivity contribution in [2.24, 2.45) is 5.73 Å². The Hall–Kier alpha value is -4.22. The van der Waals surface area contributed by atoms with Gasteiger partial charge in [-0.2, -0.15) is 18.3 Å². The van der Waals surface area contributed by atoms with Gasteiger partial charge in [0.2, 0.25) is 5.91 Å². The first kappa shape index (κ1) is 23.1. The monoisotopic (exact) mass is 438 g/mol. The number of carbonyl (C=O) groups excluding carboxylic acids is 2. The minimum Gasteiger partial charge on any atom is -0.477 e. The van der Waals surface area contributed by atoms with Gasteiger partial charge in [-0.05, 0) is 30.3 Å². The molecule has 0 bridgehead atoms. The Balaban J connectivity index is 0.000000316. The molecule has 162 valence electrons. The van der Waals surface area contributed by atoms with Gasteiger partial charge in [-0.3, -0.25) is 14.7 Å². The number of nitrogens with zero attached hydrogens (tertiary/aromatic N) is 1. The molecule has 3 aromatic rings. The summed E-state index contributed by atoms with van der Waals surface area (Å²) in [4.78, 5) is 32.9. The molecule has 31 heavy (non-hydrogen) atoms. The van der Waals surface area contributed by atoms with Crippen LogP contribution in [0.3, 0.4) is 0 Å². The summed E-state index contributed by atoms with van der Waals surface area (Å²) >= 11 is 0. The Morgan fingerprint density at radius 3 is 2.16 bits per heavy atom. The van der Waals surface area contributed by atoms with Crippen LogP contribution in [0.2, 0.25) is 0 Å². The smallest absolute Gasteiger partial charge is 0.417 e. The fourth-order valence-corrected chi connectivity index (χ4v) is 2.23. The van der Waals surface area contributed by atoms with E-state index in [1.54, 1.807) is 24.3 Å². The fourth-order valence-electron chi connectivity index (χ4n) is 2.23. The molecule has 3 rings (SSSR count). The summed E-state index contributed by atoms with van der Waals surface area (Å²) in [6.45, 7) is 0. The van der Waals surface area contributed by atoms with E-state index in [0.29, 0.717) is 23.8 Å². The van der Waals surface area contributed by atoms with E-state index in [1.807, 2.05) is 11.4 Å². The number of aromatic carboxylic acids is 1. The highest BCUT2D eigenvalue weighted by atomic mass is 19.4.